The van der Waals surface area contributed by atoms with Gasteiger partial charge in [-0.25, -0.2) is 4.98 Å². The Hall–Kier alpha value is -2.18. The number of nitrogens with zero attached hydrogens (tertiary/aromatic N) is 3. The van der Waals surface area contributed by atoms with Gasteiger partial charge in [-0.1, -0.05) is 30.3 Å². The Morgan fingerprint density at radius 2 is 2.19 bits per heavy atom. The molecule has 1 aliphatic rings. The molecular weight excluding hydrogens is 340 g/mol. The van der Waals surface area contributed by atoms with Crippen molar-refractivity contribution in [2.45, 2.75) is 38.8 Å². The van der Waals surface area contributed by atoms with Gasteiger partial charge in [0.1, 0.15) is 0 Å². The number of imidazole rings is 1. The topological polar surface area (TPSA) is 73.4 Å². The van der Waals surface area contributed by atoms with Gasteiger partial charge in [0, 0.05) is 38.9 Å². The second kappa shape index (κ2) is 9.67. The summed E-state index contributed by atoms with van der Waals surface area (Å²) in [5.41, 5.74) is 8.29. The highest BCUT2D eigenvalue weighted by Crippen LogP contribution is 2.18. The normalized spacial score (nSPS) is 18.4. The smallest absolute Gasteiger partial charge is 0.239 e. The van der Waals surface area contributed by atoms with E-state index in [1.54, 1.807) is 6.33 Å². The van der Waals surface area contributed by atoms with Gasteiger partial charge in [0.15, 0.2) is 0 Å². The fourth-order valence-corrected chi connectivity index (χ4v) is 3.63. The van der Waals surface area contributed by atoms with Crippen LogP contribution in [0.4, 0.5) is 0 Å². The molecule has 0 aliphatic carbocycles. The van der Waals surface area contributed by atoms with Crippen LogP contribution in [0.25, 0.3) is 0 Å². The average Bonchev–Trinajstić information content (AvgIpc) is 3.13. The number of ether oxygens (including phenoxy) is 1. The first-order valence-corrected chi connectivity index (χ1v) is 9.82. The molecule has 2 atom stereocenters. The number of amides is 1. The first-order chi connectivity index (χ1) is 13.2. The van der Waals surface area contributed by atoms with E-state index in [4.69, 9.17) is 10.5 Å². The maximum absolute atomic E-state index is 12.7. The van der Waals surface area contributed by atoms with E-state index in [9.17, 15) is 4.79 Å². The fraction of sp³-hybridized carbons (Fsp3) is 0.524. The lowest BCUT2D eigenvalue weighted by Crippen LogP contribution is -2.49. The molecule has 1 aromatic carbocycles. The Bertz CT molecular complexity index is 716. The van der Waals surface area contributed by atoms with E-state index in [0.29, 0.717) is 12.3 Å². The Labute approximate surface area is 161 Å². The number of nitrogens with two attached hydrogens (primary N) is 1. The van der Waals surface area contributed by atoms with Crippen molar-refractivity contribution in [3.63, 3.8) is 0 Å². The zero-order chi connectivity index (χ0) is 19.1. The predicted octanol–water partition coefficient (Wildman–Crippen LogP) is 2.08. The standard InChI is InChI=1S/C21H30N4O2/c1-2-27-15-18-9-6-10-25(13-18)21(26)20(22)11-19-14-24(16-23-19)12-17-7-4-3-5-8-17/h3-5,7-8,14,16,18,20H,2,6,9-13,15,22H2,1H3/t18?,20-/m0/s1. The van der Waals surface area contributed by atoms with Crippen molar-refractivity contribution in [3.05, 3.63) is 54.1 Å². The minimum absolute atomic E-state index is 0.0220. The Kier molecular flexibility index (Phi) is 7.01. The number of rotatable bonds is 8. The van der Waals surface area contributed by atoms with E-state index in [-0.39, 0.29) is 5.91 Å². The van der Waals surface area contributed by atoms with E-state index in [2.05, 4.69) is 17.1 Å². The quantitative estimate of drug-likeness (QED) is 0.772. The second-order valence-corrected chi connectivity index (χ2v) is 7.29. The summed E-state index contributed by atoms with van der Waals surface area (Å²) in [5, 5.41) is 0. The van der Waals surface area contributed by atoms with E-state index < -0.39 is 6.04 Å². The van der Waals surface area contributed by atoms with Crippen LogP contribution in [-0.2, 0) is 22.5 Å². The summed E-state index contributed by atoms with van der Waals surface area (Å²) >= 11 is 0. The lowest BCUT2D eigenvalue weighted by molar-refractivity contribution is -0.134. The highest BCUT2D eigenvalue weighted by molar-refractivity contribution is 5.82. The third kappa shape index (κ3) is 5.65. The van der Waals surface area contributed by atoms with Crippen molar-refractivity contribution in [1.29, 1.82) is 0 Å². The minimum Gasteiger partial charge on any atom is -0.381 e. The molecule has 2 heterocycles. The molecule has 1 saturated heterocycles. The number of aromatic nitrogens is 2. The second-order valence-electron chi connectivity index (χ2n) is 7.29. The number of hydrogen-bond acceptors (Lipinski definition) is 4. The molecule has 6 heteroatoms. The van der Waals surface area contributed by atoms with Crippen LogP contribution in [0.1, 0.15) is 31.0 Å². The molecule has 1 aliphatic heterocycles. The first-order valence-electron chi connectivity index (χ1n) is 9.82. The van der Waals surface area contributed by atoms with Crippen LogP contribution < -0.4 is 5.73 Å². The number of hydrogen-bond donors (Lipinski definition) is 1. The molecule has 0 spiro atoms. The summed E-state index contributed by atoms with van der Waals surface area (Å²) in [7, 11) is 0. The van der Waals surface area contributed by atoms with Crippen LogP contribution in [0.5, 0.6) is 0 Å². The molecule has 146 valence electrons. The third-order valence-corrected chi connectivity index (χ3v) is 5.03. The minimum atomic E-state index is -0.545. The lowest BCUT2D eigenvalue weighted by atomic mass is 9.98. The third-order valence-electron chi connectivity index (χ3n) is 5.03. The number of piperidine rings is 1. The molecule has 2 N–H and O–H groups in total. The summed E-state index contributed by atoms with van der Waals surface area (Å²) in [5.74, 6) is 0.439. The Balaban J connectivity index is 1.52. The van der Waals surface area contributed by atoms with Crippen LogP contribution in [0.3, 0.4) is 0 Å². The zero-order valence-corrected chi connectivity index (χ0v) is 16.1. The maximum Gasteiger partial charge on any atom is 0.239 e. The van der Waals surface area contributed by atoms with Gasteiger partial charge in [0.2, 0.25) is 5.91 Å². The zero-order valence-electron chi connectivity index (χ0n) is 16.1. The highest BCUT2D eigenvalue weighted by Gasteiger charge is 2.27. The molecule has 0 saturated carbocycles. The average molecular weight is 370 g/mol. The Morgan fingerprint density at radius 1 is 1.37 bits per heavy atom. The molecule has 1 aromatic heterocycles. The molecule has 3 rings (SSSR count). The van der Waals surface area contributed by atoms with Gasteiger partial charge in [0.25, 0.3) is 0 Å². The largest absolute Gasteiger partial charge is 0.381 e. The first kappa shape index (κ1) is 19.6. The molecular formula is C21H30N4O2. The van der Waals surface area contributed by atoms with Crippen molar-refractivity contribution in [2.24, 2.45) is 11.7 Å². The molecule has 6 nitrogen and oxygen atoms in total. The number of carbonyl (C=O) groups excluding carboxylic acids is 1. The number of benzene rings is 1. The van der Waals surface area contributed by atoms with Crippen molar-refractivity contribution in [1.82, 2.24) is 14.5 Å². The van der Waals surface area contributed by atoms with Gasteiger partial charge in [-0.05, 0) is 31.2 Å². The van der Waals surface area contributed by atoms with Crippen LogP contribution in [-0.4, -0.2) is 52.7 Å². The molecule has 1 fully saturated rings. The number of likely N-dealkylation sites (tertiary alicyclic amines) is 1. The maximum atomic E-state index is 12.7. The van der Waals surface area contributed by atoms with Gasteiger partial charge in [-0.15, -0.1) is 0 Å². The van der Waals surface area contributed by atoms with Crippen molar-refractivity contribution in [3.8, 4) is 0 Å². The van der Waals surface area contributed by atoms with Crippen LogP contribution in [0, 0.1) is 5.92 Å². The van der Waals surface area contributed by atoms with Crippen LogP contribution in [0.15, 0.2) is 42.9 Å². The van der Waals surface area contributed by atoms with Crippen molar-refractivity contribution < 1.29 is 9.53 Å². The summed E-state index contributed by atoms with van der Waals surface area (Å²) in [6.07, 6.45) is 6.38. The van der Waals surface area contributed by atoms with Gasteiger partial charge in [-0.2, -0.15) is 0 Å². The number of carbonyl (C=O) groups is 1. The molecule has 2 aromatic rings. The van der Waals surface area contributed by atoms with Gasteiger partial charge in [0.05, 0.1) is 24.7 Å². The molecule has 1 unspecified atom stereocenters. The summed E-state index contributed by atoms with van der Waals surface area (Å²) in [4.78, 5) is 19.1. The monoisotopic (exact) mass is 370 g/mol. The SMILES string of the molecule is CCOCC1CCCN(C(=O)[C@@H](N)Cc2cn(Cc3ccccc3)cn2)C1. The van der Waals surface area contributed by atoms with Gasteiger partial charge >= 0.3 is 0 Å². The van der Waals surface area contributed by atoms with Gasteiger partial charge in [-0.3, -0.25) is 4.79 Å². The summed E-state index contributed by atoms with van der Waals surface area (Å²) < 4.78 is 7.56. The van der Waals surface area contributed by atoms with E-state index >= 15 is 0 Å². The van der Waals surface area contributed by atoms with Crippen molar-refractivity contribution >= 4 is 5.91 Å². The molecule has 1 amide bonds. The fourth-order valence-electron chi connectivity index (χ4n) is 3.63. The van der Waals surface area contributed by atoms with Crippen molar-refractivity contribution in [2.75, 3.05) is 26.3 Å². The highest BCUT2D eigenvalue weighted by atomic mass is 16.5. The van der Waals surface area contributed by atoms with E-state index in [1.807, 2.05) is 40.8 Å². The van der Waals surface area contributed by atoms with E-state index in [1.165, 1.54) is 5.56 Å². The molecule has 0 bridgehead atoms. The van der Waals surface area contributed by atoms with Crippen LogP contribution >= 0.6 is 0 Å². The molecule has 27 heavy (non-hydrogen) atoms. The van der Waals surface area contributed by atoms with Crippen LogP contribution in [0.2, 0.25) is 0 Å². The van der Waals surface area contributed by atoms with Gasteiger partial charge < -0.3 is 19.9 Å². The Morgan fingerprint density at radius 3 is 2.96 bits per heavy atom. The lowest BCUT2D eigenvalue weighted by Gasteiger charge is -2.34. The predicted molar refractivity (Wildman–Crippen MR) is 105 cm³/mol. The molecule has 0 radical (unpaired) electrons. The summed E-state index contributed by atoms with van der Waals surface area (Å²) in [6.45, 7) is 5.74. The summed E-state index contributed by atoms with van der Waals surface area (Å²) in [6, 6.07) is 9.69. The van der Waals surface area contributed by atoms with E-state index in [0.717, 1.165) is 51.4 Å².